The van der Waals surface area contributed by atoms with Crippen molar-refractivity contribution >= 4 is 40.1 Å². The van der Waals surface area contributed by atoms with Crippen molar-refractivity contribution in [1.29, 1.82) is 5.26 Å². The summed E-state index contributed by atoms with van der Waals surface area (Å²) in [5.41, 5.74) is 8.07. The first-order valence-electron chi connectivity index (χ1n) is 5.70. The second kappa shape index (κ2) is 5.08. The van der Waals surface area contributed by atoms with Crippen LogP contribution >= 0.6 is 23.4 Å². The third-order valence-corrected chi connectivity index (χ3v) is 3.90. The fourth-order valence-electron chi connectivity index (χ4n) is 1.76. The van der Waals surface area contributed by atoms with Crippen LogP contribution < -0.4 is 5.73 Å². The number of anilines is 1. The summed E-state index contributed by atoms with van der Waals surface area (Å²) in [5, 5.41) is 10.0. The van der Waals surface area contributed by atoms with E-state index in [2.05, 4.69) is 11.1 Å². The second-order valence-electron chi connectivity index (χ2n) is 4.03. The Balaban J connectivity index is 2.02. The van der Waals surface area contributed by atoms with E-state index in [1.165, 1.54) is 11.8 Å². The van der Waals surface area contributed by atoms with Gasteiger partial charge >= 0.3 is 0 Å². The molecule has 0 aliphatic carbocycles. The zero-order valence-electron chi connectivity index (χ0n) is 10.1. The molecule has 1 heterocycles. The Labute approximate surface area is 124 Å². The molecule has 0 aliphatic rings. The highest BCUT2D eigenvalue weighted by Crippen LogP contribution is 2.34. The van der Waals surface area contributed by atoms with Gasteiger partial charge in [0.05, 0.1) is 10.6 Å². The molecule has 0 spiro atoms. The Morgan fingerprint density at radius 1 is 1.30 bits per heavy atom. The van der Waals surface area contributed by atoms with Crippen LogP contribution in [0.1, 0.15) is 5.56 Å². The van der Waals surface area contributed by atoms with E-state index in [1.807, 2.05) is 0 Å². The molecule has 4 nitrogen and oxygen atoms in total. The van der Waals surface area contributed by atoms with Crippen molar-refractivity contribution in [3.05, 3.63) is 47.0 Å². The lowest BCUT2D eigenvalue weighted by Crippen LogP contribution is -1.82. The standard InChI is InChI=1S/C14H8ClN3OS/c15-10-2-1-3-13(9(10)7-16)20-14-18-11-5-4-8(17)6-12(11)19-14/h1-6H,17H2. The summed E-state index contributed by atoms with van der Waals surface area (Å²) in [7, 11) is 0. The number of fused-ring (bicyclic) bond motifs is 1. The summed E-state index contributed by atoms with van der Waals surface area (Å²) in [6, 6.07) is 12.6. The number of nitrogens with zero attached hydrogens (tertiary/aromatic N) is 2. The summed E-state index contributed by atoms with van der Waals surface area (Å²) in [4.78, 5) is 5.05. The van der Waals surface area contributed by atoms with Gasteiger partial charge in [-0.15, -0.1) is 0 Å². The number of hydrogen-bond donors (Lipinski definition) is 1. The van der Waals surface area contributed by atoms with Gasteiger partial charge in [0.1, 0.15) is 11.6 Å². The molecule has 0 unspecified atom stereocenters. The van der Waals surface area contributed by atoms with Crippen LogP contribution in [0.3, 0.4) is 0 Å². The molecule has 98 valence electrons. The normalized spacial score (nSPS) is 10.6. The van der Waals surface area contributed by atoms with Crippen LogP contribution in [-0.2, 0) is 0 Å². The highest BCUT2D eigenvalue weighted by molar-refractivity contribution is 7.99. The fraction of sp³-hybridized carbons (Fsp3) is 0. The van der Waals surface area contributed by atoms with Gasteiger partial charge in [-0.3, -0.25) is 0 Å². The van der Waals surface area contributed by atoms with Gasteiger partial charge in [0.25, 0.3) is 5.22 Å². The molecule has 0 fully saturated rings. The maximum atomic E-state index is 9.14. The summed E-state index contributed by atoms with van der Waals surface area (Å²) < 4.78 is 5.61. The average Bonchev–Trinajstić information content (AvgIpc) is 2.80. The molecular formula is C14H8ClN3OS. The molecule has 0 radical (unpaired) electrons. The molecule has 0 atom stereocenters. The van der Waals surface area contributed by atoms with Crippen LogP contribution in [0.2, 0.25) is 5.02 Å². The number of nitrogen functional groups attached to an aromatic ring is 1. The minimum atomic E-state index is 0.415. The molecule has 0 aliphatic heterocycles. The zero-order chi connectivity index (χ0) is 14.1. The van der Waals surface area contributed by atoms with Crippen molar-refractivity contribution in [3.8, 4) is 6.07 Å². The van der Waals surface area contributed by atoms with Crippen molar-refractivity contribution in [2.24, 2.45) is 0 Å². The molecular weight excluding hydrogens is 294 g/mol. The number of aromatic nitrogens is 1. The largest absolute Gasteiger partial charge is 0.431 e. The van der Waals surface area contributed by atoms with Crippen LogP contribution in [-0.4, -0.2) is 4.98 Å². The SMILES string of the molecule is N#Cc1c(Cl)cccc1Sc1nc2ccc(N)cc2o1. The highest BCUT2D eigenvalue weighted by Gasteiger charge is 2.12. The van der Waals surface area contributed by atoms with Crippen LogP contribution in [0.4, 0.5) is 5.69 Å². The number of rotatable bonds is 2. The van der Waals surface area contributed by atoms with Crippen molar-refractivity contribution in [3.63, 3.8) is 0 Å². The number of oxazole rings is 1. The van der Waals surface area contributed by atoms with Gasteiger partial charge < -0.3 is 10.2 Å². The Morgan fingerprint density at radius 3 is 2.95 bits per heavy atom. The summed E-state index contributed by atoms with van der Waals surface area (Å²) >= 11 is 7.25. The number of nitrogens with two attached hydrogens (primary N) is 1. The molecule has 0 bridgehead atoms. The minimum Gasteiger partial charge on any atom is -0.431 e. The number of hydrogen-bond acceptors (Lipinski definition) is 5. The first kappa shape index (κ1) is 12.9. The van der Waals surface area contributed by atoms with Gasteiger partial charge in [-0.05, 0) is 36.0 Å². The van der Waals surface area contributed by atoms with Crippen molar-refractivity contribution < 1.29 is 4.42 Å². The number of halogens is 1. The molecule has 0 saturated heterocycles. The summed E-state index contributed by atoms with van der Waals surface area (Å²) in [6.07, 6.45) is 0. The van der Waals surface area contributed by atoms with Gasteiger partial charge in [0, 0.05) is 16.6 Å². The Kier molecular flexibility index (Phi) is 3.26. The van der Waals surface area contributed by atoms with Gasteiger partial charge in [-0.2, -0.15) is 5.26 Å². The lowest BCUT2D eigenvalue weighted by atomic mass is 10.2. The molecule has 0 amide bonds. The van der Waals surface area contributed by atoms with E-state index >= 15 is 0 Å². The molecule has 20 heavy (non-hydrogen) atoms. The Morgan fingerprint density at radius 2 is 2.15 bits per heavy atom. The van der Waals surface area contributed by atoms with Crippen molar-refractivity contribution in [2.75, 3.05) is 5.73 Å². The number of benzene rings is 2. The van der Waals surface area contributed by atoms with E-state index in [-0.39, 0.29) is 0 Å². The maximum Gasteiger partial charge on any atom is 0.261 e. The molecule has 3 aromatic rings. The van der Waals surface area contributed by atoms with Gasteiger partial charge in [-0.1, -0.05) is 17.7 Å². The quantitative estimate of drug-likeness (QED) is 0.722. The van der Waals surface area contributed by atoms with Crippen LogP contribution in [0.5, 0.6) is 0 Å². The van der Waals surface area contributed by atoms with Gasteiger partial charge in [-0.25, -0.2) is 4.98 Å². The fourth-order valence-corrected chi connectivity index (χ4v) is 2.90. The monoisotopic (exact) mass is 301 g/mol. The van der Waals surface area contributed by atoms with E-state index < -0.39 is 0 Å². The highest BCUT2D eigenvalue weighted by atomic mass is 35.5. The van der Waals surface area contributed by atoms with Gasteiger partial charge in [0.2, 0.25) is 0 Å². The van der Waals surface area contributed by atoms with E-state index in [9.17, 15) is 0 Å². The smallest absolute Gasteiger partial charge is 0.261 e. The summed E-state index contributed by atoms with van der Waals surface area (Å²) in [6.45, 7) is 0. The van der Waals surface area contributed by atoms with E-state index in [4.69, 9.17) is 27.0 Å². The molecule has 6 heteroatoms. The van der Waals surface area contributed by atoms with Crippen LogP contribution in [0.25, 0.3) is 11.1 Å². The molecule has 0 saturated carbocycles. The maximum absolute atomic E-state index is 9.14. The first-order valence-corrected chi connectivity index (χ1v) is 6.89. The molecule has 2 aromatic carbocycles. The molecule has 1 aromatic heterocycles. The number of nitriles is 1. The zero-order valence-corrected chi connectivity index (χ0v) is 11.7. The van der Waals surface area contributed by atoms with Crippen LogP contribution in [0.15, 0.2) is 50.9 Å². The molecule has 2 N–H and O–H groups in total. The lowest BCUT2D eigenvalue weighted by Gasteiger charge is -2.01. The Hall–Kier alpha value is -2.16. The Bertz CT molecular complexity index is 838. The predicted molar refractivity (Wildman–Crippen MR) is 78.7 cm³/mol. The average molecular weight is 302 g/mol. The second-order valence-corrected chi connectivity index (χ2v) is 5.43. The van der Waals surface area contributed by atoms with Crippen molar-refractivity contribution in [2.45, 2.75) is 10.1 Å². The minimum absolute atomic E-state index is 0.415. The lowest BCUT2D eigenvalue weighted by molar-refractivity contribution is 0.489. The third kappa shape index (κ3) is 2.31. The van der Waals surface area contributed by atoms with Crippen LogP contribution in [0, 0.1) is 11.3 Å². The van der Waals surface area contributed by atoms with E-state index in [1.54, 1.807) is 36.4 Å². The van der Waals surface area contributed by atoms with E-state index in [0.717, 1.165) is 5.52 Å². The third-order valence-electron chi connectivity index (χ3n) is 2.68. The van der Waals surface area contributed by atoms with Gasteiger partial charge in [0.15, 0.2) is 5.58 Å². The first-order chi connectivity index (χ1) is 9.67. The van der Waals surface area contributed by atoms with E-state index in [0.29, 0.717) is 32.0 Å². The topological polar surface area (TPSA) is 75.8 Å². The summed E-state index contributed by atoms with van der Waals surface area (Å²) in [5.74, 6) is 0. The van der Waals surface area contributed by atoms with Crippen molar-refractivity contribution in [1.82, 2.24) is 4.98 Å². The molecule has 3 rings (SSSR count). The predicted octanol–water partition coefficient (Wildman–Crippen LogP) is 4.09.